The molecule has 0 saturated heterocycles. The van der Waals surface area contributed by atoms with E-state index in [-0.39, 0.29) is 10.8 Å². The monoisotopic (exact) mass is 486 g/mol. The maximum atomic E-state index is 12.7. The molecular formula is C24H23ClN2O5S. The van der Waals surface area contributed by atoms with E-state index in [2.05, 4.69) is 10.0 Å². The van der Waals surface area contributed by atoms with Crippen LogP contribution in [-0.4, -0.2) is 34.1 Å². The Morgan fingerprint density at radius 1 is 1.03 bits per heavy atom. The fraction of sp³-hybridized carbons (Fsp3) is 0.208. The number of ether oxygens (including phenoxy) is 2. The molecule has 0 fully saturated rings. The molecule has 0 aliphatic carbocycles. The molecule has 0 saturated carbocycles. The van der Waals surface area contributed by atoms with Gasteiger partial charge in [0.05, 0.1) is 15.6 Å². The zero-order chi connectivity index (χ0) is 23.4. The Hall–Kier alpha value is -3.23. The van der Waals surface area contributed by atoms with E-state index < -0.39 is 10.0 Å². The number of amides is 1. The maximum absolute atomic E-state index is 12.7. The van der Waals surface area contributed by atoms with Crippen LogP contribution in [0.15, 0.2) is 65.6 Å². The fourth-order valence-electron chi connectivity index (χ4n) is 3.41. The number of rotatable bonds is 7. The maximum Gasteiger partial charge on any atom is 0.261 e. The second kappa shape index (κ2) is 9.72. The number of carbonyl (C=O) groups is 1. The Balaban J connectivity index is 1.36. The molecule has 7 nitrogen and oxygen atoms in total. The first-order chi connectivity index (χ1) is 15.8. The normalized spacial score (nSPS) is 12.8. The van der Waals surface area contributed by atoms with Crippen molar-refractivity contribution in [1.29, 1.82) is 0 Å². The van der Waals surface area contributed by atoms with Crippen LogP contribution in [0, 0.1) is 6.92 Å². The number of sulfonamides is 1. The van der Waals surface area contributed by atoms with Crippen LogP contribution in [0.5, 0.6) is 11.5 Å². The molecule has 0 unspecified atom stereocenters. The summed E-state index contributed by atoms with van der Waals surface area (Å²) in [5.74, 6) is 0.850. The van der Waals surface area contributed by atoms with E-state index in [4.69, 9.17) is 21.1 Å². The van der Waals surface area contributed by atoms with Crippen molar-refractivity contribution in [2.24, 2.45) is 0 Å². The number of benzene rings is 3. The van der Waals surface area contributed by atoms with E-state index >= 15 is 0 Å². The molecule has 33 heavy (non-hydrogen) atoms. The minimum atomic E-state index is -3.76. The van der Waals surface area contributed by atoms with E-state index in [0.717, 1.165) is 11.1 Å². The topological polar surface area (TPSA) is 93.7 Å². The SMILES string of the molecule is Cc1ccccc1NS(=O)(=O)c1ccc(C(=O)NCCc2cc(Cl)c3c(c2)OCCO3)cc1. The van der Waals surface area contributed by atoms with Gasteiger partial charge in [-0.25, -0.2) is 8.42 Å². The molecule has 3 aromatic carbocycles. The van der Waals surface area contributed by atoms with Gasteiger partial charge in [0.1, 0.15) is 13.2 Å². The third-order valence-electron chi connectivity index (χ3n) is 5.17. The predicted octanol–water partition coefficient (Wildman–Crippen LogP) is 4.19. The number of hydrogen-bond acceptors (Lipinski definition) is 5. The van der Waals surface area contributed by atoms with Crippen LogP contribution in [-0.2, 0) is 16.4 Å². The lowest BCUT2D eigenvalue weighted by Gasteiger charge is -2.20. The van der Waals surface area contributed by atoms with Gasteiger partial charge in [-0.2, -0.15) is 0 Å². The second-order valence-corrected chi connectivity index (χ2v) is 9.64. The lowest BCUT2D eigenvalue weighted by molar-refractivity contribution is 0.0954. The Morgan fingerprint density at radius 2 is 1.76 bits per heavy atom. The first-order valence-corrected chi connectivity index (χ1v) is 12.2. The molecule has 1 aliphatic rings. The summed E-state index contributed by atoms with van der Waals surface area (Å²) in [4.78, 5) is 12.6. The first kappa shape index (κ1) is 22.9. The van der Waals surface area contributed by atoms with Gasteiger partial charge in [0.25, 0.3) is 15.9 Å². The predicted molar refractivity (Wildman–Crippen MR) is 127 cm³/mol. The van der Waals surface area contributed by atoms with Crippen LogP contribution in [0.25, 0.3) is 0 Å². The van der Waals surface area contributed by atoms with Crippen molar-refractivity contribution in [3.8, 4) is 11.5 Å². The fourth-order valence-corrected chi connectivity index (χ4v) is 4.83. The largest absolute Gasteiger partial charge is 0.486 e. The van der Waals surface area contributed by atoms with Crippen LogP contribution in [0.2, 0.25) is 5.02 Å². The van der Waals surface area contributed by atoms with E-state index in [9.17, 15) is 13.2 Å². The molecule has 0 spiro atoms. The molecule has 172 valence electrons. The van der Waals surface area contributed by atoms with Gasteiger partial charge in [-0.05, 0) is 66.9 Å². The van der Waals surface area contributed by atoms with Gasteiger partial charge in [0.2, 0.25) is 0 Å². The standard InChI is InChI=1S/C24H23ClN2O5S/c1-16-4-2-3-5-21(16)27-33(29,30)19-8-6-18(7-9-19)24(28)26-11-10-17-14-20(25)23-22(15-17)31-12-13-32-23/h2-9,14-15,27H,10-13H2,1H3,(H,26,28). The van der Waals surface area contributed by atoms with Gasteiger partial charge < -0.3 is 14.8 Å². The lowest BCUT2D eigenvalue weighted by atomic mass is 10.1. The molecule has 0 atom stereocenters. The van der Waals surface area contributed by atoms with Crippen LogP contribution in [0.4, 0.5) is 5.69 Å². The molecule has 3 aromatic rings. The quantitative estimate of drug-likeness (QED) is 0.522. The molecule has 0 radical (unpaired) electrons. The highest BCUT2D eigenvalue weighted by Gasteiger charge is 2.18. The zero-order valence-electron chi connectivity index (χ0n) is 17.9. The molecular weight excluding hydrogens is 464 g/mol. The summed E-state index contributed by atoms with van der Waals surface area (Å²) >= 11 is 6.25. The van der Waals surface area contributed by atoms with Gasteiger partial charge in [0, 0.05) is 12.1 Å². The summed E-state index contributed by atoms with van der Waals surface area (Å²) in [5.41, 5.74) is 2.60. The Kier molecular flexibility index (Phi) is 6.76. The highest BCUT2D eigenvalue weighted by atomic mass is 35.5. The molecule has 0 aromatic heterocycles. The highest BCUT2D eigenvalue weighted by Crippen LogP contribution is 2.38. The smallest absolute Gasteiger partial charge is 0.261 e. The molecule has 4 rings (SSSR count). The van der Waals surface area contributed by atoms with Crippen molar-refractivity contribution in [3.05, 3.63) is 82.4 Å². The van der Waals surface area contributed by atoms with Gasteiger partial charge >= 0.3 is 0 Å². The van der Waals surface area contributed by atoms with Crippen molar-refractivity contribution >= 4 is 33.2 Å². The number of para-hydroxylation sites is 1. The first-order valence-electron chi connectivity index (χ1n) is 10.4. The number of anilines is 1. The van der Waals surface area contributed by atoms with Crippen molar-refractivity contribution in [2.45, 2.75) is 18.2 Å². The Bertz CT molecular complexity index is 1280. The summed E-state index contributed by atoms with van der Waals surface area (Å²) in [6, 6.07) is 16.6. The van der Waals surface area contributed by atoms with Crippen molar-refractivity contribution in [3.63, 3.8) is 0 Å². The third-order valence-corrected chi connectivity index (χ3v) is 6.83. The zero-order valence-corrected chi connectivity index (χ0v) is 19.5. The summed E-state index contributed by atoms with van der Waals surface area (Å²) < 4.78 is 39.0. The summed E-state index contributed by atoms with van der Waals surface area (Å²) in [6.07, 6.45) is 0.551. The average Bonchev–Trinajstić information content (AvgIpc) is 2.80. The number of hydrogen-bond donors (Lipinski definition) is 2. The summed E-state index contributed by atoms with van der Waals surface area (Å²) in [6.45, 7) is 3.13. The van der Waals surface area contributed by atoms with E-state index in [1.807, 2.05) is 25.1 Å². The van der Waals surface area contributed by atoms with Crippen LogP contribution < -0.4 is 19.5 Å². The number of carbonyl (C=O) groups excluding carboxylic acids is 1. The van der Waals surface area contributed by atoms with Crippen molar-refractivity contribution in [2.75, 3.05) is 24.5 Å². The van der Waals surface area contributed by atoms with Gasteiger partial charge in [0.15, 0.2) is 11.5 Å². The minimum absolute atomic E-state index is 0.0771. The van der Waals surface area contributed by atoms with Crippen LogP contribution in [0.3, 0.4) is 0 Å². The van der Waals surface area contributed by atoms with Gasteiger partial charge in [-0.1, -0.05) is 29.8 Å². The number of fused-ring (bicyclic) bond motifs is 1. The van der Waals surface area contributed by atoms with E-state index in [0.29, 0.717) is 54.0 Å². The van der Waals surface area contributed by atoms with Gasteiger partial charge in [-0.15, -0.1) is 0 Å². The number of aryl methyl sites for hydroxylation is 1. The molecule has 1 aliphatic heterocycles. The molecule has 1 heterocycles. The van der Waals surface area contributed by atoms with Crippen LogP contribution in [0.1, 0.15) is 21.5 Å². The summed E-state index contributed by atoms with van der Waals surface area (Å²) in [7, 11) is -3.76. The number of nitrogens with one attached hydrogen (secondary N) is 2. The van der Waals surface area contributed by atoms with Crippen molar-refractivity contribution in [1.82, 2.24) is 5.32 Å². The average molecular weight is 487 g/mol. The molecule has 0 bridgehead atoms. The highest BCUT2D eigenvalue weighted by molar-refractivity contribution is 7.92. The Morgan fingerprint density at radius 3 is 2.52 bits per heavy atom. The van der Waals surface area contributed by atoms with Crippen molar-refractivity contribution < 1.29 is 22.7 Å². The molecule has 2 N–H and O–H groups in total. The van der Waals surface area contributed by atoms with E-state index in [1.54, 1.807) is 18.2 Å². The Labute approximate surface area is 197 Å². The minimum Gasteiger partial charge on any atom is -0.486 e. The third kappa shape index (κ3) is 5.40. The van der Waals surface area contributed by atoms with Crippen LogP contribution >= 0.6 is 11.6 Å². The second-order valence-electron chi connectivity index (χ2n) is 7.55. The number of halogens is 1. The summed E-state index contributed by atoms with van der Waals surface area (Å²) in [5, 5.41) is 3.31. The lowest BCUT2D eigenvalue weighted by Crippen LogP contribution is -2.26. The van der Waals surface area contributed by atoms with E-state index in [1.165, 1.54) is 24.3 Å². The molecule has 1 amide bonds. The molecule has 9 heteroatoms. The van der Waals surface area contributed by atoms with Gasteiger partial charge in [-0.3, -0.25) is 9.52 Å².